The van der Waals surface area contributed by atoms with E-state index in [2.05, 4.69) is 180 Å². The lowest BCUT2D eigenvalue weighted by atomic mass is 9.94. The Labute approximate surface area is 295 Å². The zero-order valence-electron chi connectivity index (χ0n) is 27.8. The molecule has 1 aliphatic rings. The van der Waals surface area contributed by atoms with Gasteiger partial charge in [0.1, 0.15) is 29.3 Å². The van der Waals surface area contributed by atoms with Crippen LogP contribution in [0.2, 0.25) is 0 Å². The number of fused-ring (bicyclic) bond motifs is 6. The molecule has 8 aromatic carbocycles. The highest BCUT2D eigenvalue weighted by molar-refractivity contribution is 6.14. The molecule has 9 aromatic rings. The number of nitrogens with zero attached hydrogens (tertiary/aromatic N) is 1. The predicted octanol–water partition coefficient (Wildman–Crippen LogP) is 11.6. The van der Waals surface area contributed by atoms with Crippen molar-refractivity contribution in [1.29, 1.82) is 0 Å². The third-order valence-corrected chi connectivity index (χ3v) is 10.2. The van der Waals surface area contributed by atoms with Crippen LogP contribution in [0.1, 0.15) is 29.0 Å². The van der Waals surface area contributed by atoms with Crippen LogP contribution in [0, 0.1) is 0 Å². The van der Waals surface area contributed by atoms with E-state index in [4.69, 9.17) is 9.41 Å². The maximum Gasteiger partial charge on any atom is 0.136 e. The van der Waals surface area contributed by atoms with E-state index in [9.17, 15) is 0 Å². The van der Waals surface area contributed by atoms with E-state index < -0.39 is 0 Å². The van der Waals surface area contributed by atoms with Crippen LogP contribution in [-0.4, -0.2) is 5.84 Å². The number of benzene rings is 8. The Balaban J connectivity index is 1.10. The first-order valence-electron chi connectivity index (χ1n) is 17.4. The van der Waals surface area contributed by atoms with Crippen molar-refractivity contribution in [2.75, 3.05) is 0 Å². The molecule has 2 heterocycles. The third kappa shape index (κ3) is 5.16. The highest BCUT2D eigenvalue weighted by Gasteiger charge is 2.28. The maximum atomic E-state index is 6.56. The second kappa shape index (κ2) is 12.1. The molecule has 2 unspecified atom stereocenters. The molecule has 4 nitrogen and oxygen atoms in total. The van der Waals surface area contributed by atoms with Crippen LogP contribution in [0.15, 0.2) is 185 Å². The van der Waals surface area contributed by atoms with Gasteiger partial charge in [0.25, 0.3) is 0 Å². The fourth-order valence-corrected chi connectivity index (χ4v) is 7.68. The molecule has 10 rings (SSSR count). The second-order valence-corrected chi connectivity index (χ2v) is 13.2. The summed E-state index contributed by atoms with van der Waals surface area (Å²) in [5, 5.41) is 14.8. The smallest absolute Gasteiger partial charge is 0.136 e. The number of nitrogens with one attached hydrogen (secondary N) is 2. The van der Waals surface area contributed by atoms with Crippen molar-refractivity contribution >= 4 is 49.3 Å². The molecular formula is C47H33N3O. The van der Waals surface area contributed by atoms with Crippen molar-refractivity contribution in [3.63, 3.8) is 0 Å². The fourth-order valence-electron chi connectivity index (χ4n) is 7.68. The molecule has 4 heteroatoms. The van der Waals surface area contributed by atoms with Gasteiger partial charge in [0, 0.05) is 21.9 Å². The molecule has 0 aliphatic carbocycles. The molecule has 0 radical (unpaired) electrons. The highest BCUT2D eigenvalue weighted by atomic mass is 16.3. The van der Waals surface area contributed by atoms with E-state index in [-0.39, 0.29) is 12.3 Å². The summed E-state index contributed by atoms with van der Waals surface area (Å²) < 4.78 is 6.56. The Morgan fingerprint density at radius 2 is 1.12 bits per heavy atom. The number of amidine groups is 1. The molecule has 0 amide bonds. The fraction of sp³-hybridized carbons (Fsp3) is 0.0426. The van der Waals surface area contributed by atoms with Crippen molar-refractivity contribution < 1.29 is 4.42 Å². The molecule has 0 spiro atoms. The van der Waals surface area contributed by atoms with Gasteiger partial charge in [-0.1, -0.05) is 158 Å². The lowest BCUT2D eigenvalue weighted by molar-refractivity contribution is 0.411. The van der Waals surface area contributed by atoms with Crippen molar-refractivity contribution in [3.8, 4) is 22.3 Å². The van der Waals surface area contributed by atoms with Gasteiger partial charge < -0.3 is 9.73 Å². The molecule has 2 atom stereocenters. The van der Waals surface area contributed by atoms with Gasteiger partial charge >= 0.3 is 0 Å². The van der Waals surface area contributed by atoms with Crippen molar-refractivity contribution in [1.82, 2.24) is 10.6 Å². The number of hydrogen-bond acceptors (Lipinski definition) is 4. The first-order chi connectivity index (χ1) is 25.3. The highest BCUT2D eigenvalue weighted by Crippen LogP contribution is 2.41. The Bertz CT molecular complexity index is 2750. The minimum Gasteiger partial charge on any atom is -0.456 e. The zero-order valence-corrected chi connectivity index (χ0v) is 27.8. The standard InChI is InChI=1S/C47H33N3O/c1-3-11-30(12-4-1)31-21-23-33(24-22-31)39-17-9-19-41-43(39)44-40(18-10-20-42(44)51-41)47-49-45(34-14-5-2-6-15-34)48-46(50-47)36-27-28-38-35(29-36)26-25-32-13-7-8-16-37(32)38/h1-29,45,47,49H,(H,48,50). The minimum absolute atomic E-state index is 0.243. The molecule has 242 valence electrons. The average Bonchev–Trinajstić information content (AvgIpc) is 3.60. The zero-order chi connectivity index (χ0) is 33.7. The molecule has 2 N–H and O–H groups in total. The van der Waals surface area contributed by atoms with Crippen molar-refractivity contribution in [2.45, 2.75) is 12.3 Å². The first kappa shape index (κ1) is 29.4. The van der Waals surface area contributed by atoms with Gasteiger partial charge in [-0.3, -0.25) is 5.32 Å². The Kier molecular flexibility index (Phi) is 7.00. The number of furan rings is 1. The van der Waals surface area contributed by atoms with E-state index in [0.29, 0.717) is 0 Å². The van der Waals surface area contributed by atoms with Crippen LogP contribution >= 0.6 is 0 Å². The monoisotopic (exact) mass is 655 g/mol. The van der Waals surface area contributed by atoms with Gasteiger partial charge in [-0.05, 0) is 67.6 Å². The lowest BCUT2D eigenvalue weighted by Gasteiger charge is -2.32. The number of rotatable bonds is 5. The summed E-state index contributed by atoms with van der Waals surface area (Å²) in [6.07, 6.45) is -0.494. The Morgan fingerprint density at radius 3 is 1.96 bits per heavy atom. The van der Waals surface area contributed by atoms with E-state index in [1.807, 2.05) is 6.07 Å². The van der Waals surface area contributed by atoms with E-state index in [1.165, 1.54) is 32.7 Å². The molecule has 1 aromatic heterocycles. The molecule has 1 aliphatic heterocycles. The molecule has 51 heavy (non-hydrogen) atoms. The van der Waals surface area contributed by atoms with Crippen LogP contribution in [-0.2, 0) is 0 Å². The lowest BCUT2D eigenvalue weighted by Crippen LogP contribution is -2.45. The van der Waals surface area contributed by atoms with E-state index in [0.717, 1.165) is 55.6 Å². The van der Waals surface area contributed by atoms with Gasteiger partial charge in [0.05, 0.1) is 0 Å². The Hall–Kier alpha value is -6.49. The van der Waals surface area contributed by atoms with Crippen LogP contribution in [0.3, 0.4) is 0 Å². The van der Waals surface area contributed by atoms with Gasteiger partial charge in [-0.2, -0.15) is 0 Å². The summed E-state index contributed by atoms with van der Waals surface area (Å²) in [7, 11) is 0. The summed E-state index contributed by atoms with van der Waals surface area (Å²) in [5.41, 5.74) is 9.69. The molecule has 0 saturated carbocycles. The molecule has 0 fully saturated rings. The molecule has 0 bridgehead atoms. The summed E-state index contributed by atoms with van der Waals surface area (Å²) in [6, 6.07) is 62.2. The molecular weight excluding hydrogens is 623 g/mol. The van der Waals surface area contributed by atoms with E-state index in [1.54, 1.807) is 0 Å². The normalized spacial score (nSPS) is 16.0. The number of aliphatic imine (C=N–C) groups is 1. The minimum atomic E-state index is -0.252. The first-order valence-corrected chi connectivity index (χ1v) is 17.4. The average molecular weight is 656 g/mol. The number of hydrogen-bond donors (Lipinski definition) is 2. The Morgan fingerprint density at radius 1 is 0.471 bits per heavy atom. The predicted molar refractivity (Wildman–Crippen MR) is 211 cm³/mol. The van der Waals surface area contributed by atoms with Gasteiger partial charge in [-0.15, -0.1) is 0 Å². The topological polar surface area (TPSA) is 49.6 Å². The molecule has 0 saturated heterocycles. The second-order valence-electron chi connectivity index (χ2n) is 13.2. The summed E-state index contributed by atoms with van der Waals surface area (Å²) in [5.74, 6) is 0.851. The van der Waals surface area contributed by atoms with Crippen molar-refractivity contribution in [2.24, 2.45) is 4.99 Å². The van der Waals surface area contributed by atoms with Crippen LogP contribution in [0.4, 0.5) is 0 Å². The van der Waals surface area contributed by atoms with E-state index >= 15 is 0 Å². The SMILES string of the molecule is c1ccc(-c2ccc(-c3cccc4oc5cccc(C6NC(c7ccc8c(ccc9ccccc98)c7)=NC(c7ccccc7)N6)c5c34)cc2)cc1. The van der Waals surface area contributed by atoms with Crippen LogP contribution in [0.25, 0.3) is 65.7 Å². The quantitative estimate of drug-likeness (QED) is 0.181. The third-order valence-electron chi connectivity index (χ3n) is 10.2. The van der Waals surface area contributed by atoms with Crippen molar-refractivity contribution in [3.05, 3.63) is 193 Å². The van der Waals surface area contributed by atoms with Gasteiger partial charge in [0.2, 0.25) is 0 Å². The van der Waals surface area contributed by atoms with Gasteiger partial charge in [0.15, 0.2) is 0 Å². The van der Waals surface area contributed by atoms with Crippen LogP contribution < -0.4 is 10.6 Å². The largest absolute Gasteiger partial charge is 0.456 e. The maximum absolute atomic E-state index is 6.56. The summed E-state index contributed by atoms with van der Waals surface area (Å²) >= 11 is 0. The summed E-state index contributed by atoms with van der Waals surface area (Å²) in [4.78, 5) is 5.27. The summed E-state index contributed by atoms with van der Waals surface area (Å²) in [6.45, 7) is 0. The van der Waals surface area contributed by atoms with Crippen LogP contribution in [0.5, 0.6) is 0 Å². The van der Waals surface area contributed by atoms with Gasteiger partial charge in [-0.25, -0.2) is 4.99 Å².